The van der Waals surface area contributed by atoms with Crippen molar-refractivity contribution in [2.24, 2.45) is 5.92 Å². The minimum Gasteiger partial charge on any atom is -0.481 e. The lowest BCUT2D eigenvalue weighted by Gasteiger charge is -2.20. The van der Waals surface area contributed by atoms with Crippen molar-refractivity contribution in [1.29, 1.82) is 0 Å². The number of ether oxygens (including phenoxy) is 1. The average molecular weight is 404 g/mol. The molecule has 1 fully saturated rings. The molecule has 1 saturated heterocycles. The molecule has 0 bridgehead atoms. The molecule has 3 aromatic carbocycles. The standard InChI is InChI=1S/C23H24N4O3/c1-15(30-19-12-11-16-7-5-6-10-18(16)13-19)22(28)26-27-23(29)20-14-24-25-21(20)17-8-3-2-4-9-17/h2-13,15,20-21,24-25H,14H2,1H3,(H,26,28)(H,27,29). The second kappa shape index (κ2) is 8.94. The predicted octanol–water partition coefficient (Wildman–Crippen LogP) is 2.22. The maximum atomic E-state index is 12.6. The van der Waals surface area contributed by atoms with Crippen LogP contribution in [-0.2, 0) is 9.59 Å². The fraction of sp³-hybridized carbons (Fsp3) is 0.217. The van der Waals surface area contributed by atoms with Gasteiger partial charge in [-0.25, -0.2) is 5.43 Å². The summed E-state index contributed by atoms with van der Waals surface area (Å²) in [6, 6.07) is 23.1. The van der Waals surface area contributed by atoms with Gasteiger partial charge in [-0.2, -0.15) is 0 Å². The molecular weight excluding hydrogens is 380 g/mol. The molecule has 4 N–H and O–H groups in total. The number of carbonyl (C=O) groups is 2. The Morgan fingerprint density at radius 3 is 2.50 bits per heavy atom. The zero-order valence-electron chi connectivity index (χ0n) is 16.6. The molecule has 0 saturated carbocycles. The molecule has 0 spiro atoms. The normalized spacial score (nSPS) is 19.2. The van der Waals surface area contributed by atoms with Gasteiger partial charge in [-0.05, 0) is 35.4 Å². The van der Waals surface area contributed by atoms with Gasteiger partial charge in [0, 0.05) is 6.54 Å². The Morgan fingerprint density at radius 2 is 1.70 bits per heavy atom. The third-order valence-corrected chi connectivity index (χ3v) is 5.19. The van der Waals surface area contributed by atoms with E-state index in [9.17, 15) is 9.59 Å². The summed E-state index contributed by atoms with van der Waals surface area (Å²) in [4.78, 5) is 25.0. The summed E-state index contributed by atoms with van der Waals surface area (Å²) in [7, 11) is 0. The highest BCUT2D eigenvalue weighted by Crippen LogP contribution is 2.24. The number of hydrogen-bond donors (Lipinski definition) is 4. The van der Waals surface area contributed by atoms with Crippen LogP contribution >= 0.6 is 0 Å². The monoisotopic (exact) mass is 404 g/mol. The van der Waals surface area contributed by atoms with E-state index in [4.69, 9.17) is 4.74 Å². The maximum Gasteiger partial charge on any atom is 0.279 e. The number of fused-ring (bicyclic) bond motifs is 1. The summed E-state index contributed by atoms with van der Waals surface area (Å²) in [6.07, 6.45) is -0.767. The van der Waals surface area contributed by atoms with Gasteiger partial charge in [0.15, 0.2) is 6.10 Å². The maximum absolute atomic E-state index is 12.6. The van der Waals surface area contributed by atoms with Crippen LogP contribution in [0.15, 0.2) is 72.8 Å². The molecule has 2 amide bonds. The van der Waals surface area contributed by atoms with Crippen LogP contribution in [0.3, 0.4) is 0 Å². The molecule has 3 atom stereocenters. The van der Waals surface area contributed by atoms with Gasteiger partial charge in [-0.1, -0.05) is 60.7 Å². The number of amides is 2. The van der Waals surface area contributed by atoms with E-state index in [1.54, 1.807) is 6.92 Å². The minimum atomic E-state index is -0.767. The first-order chi connectivity index (χ1) is 14.6. The summed E-state index contributed by atoms with van der Waals surface area (Å²) in [5, 5.41) is 2.13. The molecule has 1 heterocycles. The molecule has 154 valence electrons. The molecule has 7 nitrogen and oxygen atoms in total. The van der Waals surface area contributed by atoms with Crippen LogP contribution in [0.25, 0.3) is 10.8 Å². The van der Waals surface area contributed by atoms with Crippen LogP contribution in [0, 0.1) is 5.92 Å². The van der Waals surface area contributed by atoms with Gasteiger partial charge in [0.2, 0.25) is 5.91 Å². The highest BCUT2D eigenvalue weighted by Gasteiger charge is 2.34. The Bertz CT molecular complexity index is 1040. The van der Waals surface area contributed by atoms with E-state index in [-0.39, 0.29) is 17.9 Å². The Balaban J connectivity index is 1.32. The summed E-state index contributed by atoms with van der Waals surface area (Å²) < 4.78 is 5.74. The van der Waals surface area contributed by atoms with Crippen molar-refractivity contribution in [3.63, 3.8) is 0 Å². The molecule has 0 radical (unpaired) electrons. The van der Waals surface area contributed by atoms with Gasteiger partial charge in [-0.15, -0.1) is 0 Å². The molecule has 30 heavy (non-hydrogen) atoms. The van der Waals surface area contributed by atoms with Gasteiger partial charge in [0.05, 0.1) is 12.0 Å². The SMILES string of the molecule is CC(Oc1ccc2ccccc2c1)C(=O)NNC(=O)C1CNNC1c1ccccc1. The van der Waals surface area contributed by atoms with Gasteiger partial charge in [-0.3, -0.25) is 25.9 Å². The van der Waals surface area contributed by atoms with Crippen molar-refractivity contribution in [3.8, 4) is 5.75 Å². The zero-order valence-corrected chi connectivity index (χ0v) is 16.6. The fourth-order valence-corrected chi connectivity index (χ4v) is 3.53. The summed E-state index contributed by atoms with van der Waals surface area (Å²) in [5.41, 5.74) is 12.1. The molecule has 3 aromatic rings. The molecular formula is C23H24N4O3. The lowest BCUT2D eigenvalue weighted by atomic mass is 9.94. The second-order valence-electron chi connectivity index (χ2n) is 7.27. The highest BCUT2D eigenvalue weighted by atomic mass is 16.5. The van der Waals surface area contributed by atoms with Crippen molar-refractivity contribution >= 4 is 22.6 Å². The molecule has 4 rings (SSSR count). The predicted molar refractivity (Wildman–Crippen MR) is 114 cm³/mol. The number of carbonyl (C=O) groups excluding carboxylic acids is 2. The van der Waals surface area contributed by atoms with Crippen molar-refractivity contribution in [3.05, 3.63) is 78.4 Å². The van der Waals surface area contributed by atoms with Gasteiger partial charge < -0.3 is 4.74 Å². The van der Waals surface area contributed by atoms with Crippen molar-refractivity contribution in [2.75, 3.05) is 6.54 Å². The Hall–Kier alpha value is -3.42. The lowest BCUT2D eigenvalue weighted by molar-refractivity contribution is -0.134. The van der Waals surface area contributed by atoms with E-state index in [2.05, 4.69) is 21.7 Å². The van der Waals surface area contributed by atoms with Crippen LogP contribution in [-0.4, -0.2) is 24.5 Å². The number of rotatable bonds is 5. The van der Waals surface area contributed by atoms with E-state index in [1.165, 1.54) is 0 Å². The average Bonchev–Trinajstić information content (AvgIpc) is 3.28. The van der Waals surface area contributed by atoms with Crippen LogP contribution in [0.5, 0.6) is 5.75 Å². The molecule has 3 unspecified atom stereocenters. The number of hydrazine groups is 2. The molecule has 0 aliphatic carbocycles. The van der Waals surface area contributed by atoms with E-state index >= 15 is 0 Å². The first-order valence-corrected chi connectivity index (χ1v) is 9.90. The largest absolute Gasteiger partial charge is 0.481 e. The third-order valence-electron chi connectivity index (χ3n) is 5.19. The molecule has 7 heteroatoms. The first-order valence-electron chi connectivity index (χ1n) is 9.90. The van der Waals surface area contributed by atoms with Crippen molar-refractivity contribution < 1.29 is 14.3 Å². The Labute approximate surface area is 174 Å². The smallest absolute Gasteiger partial charge is 0.279 e. The molecule has 1 aliphatic heterocycles. The highest BCUT2D eigenvalue weighted by molar-refractivity contribution is 5.87. The van der Waals surface area contributed by atoms with Crippen LogP contribution in [0.1, 0.15) is 18.5 Å². The third kappa shape index (κ3) is 4.42. The van der Waals surface area contributed by atoms with E-state index in [0.29, 0.717) is 12.3 Å². The topological polar surface area (TPSA) is 91.5 Å². The molecule has 1 aliphatic rings. The second-order valence-corrected chi connectivity index (χ2v) is 7.27. The fourth-order valence-electron chi connectivity index (χ4n) is 3.53. The lowest BCUT2D eigenvalue weighted by Crippen LogP contribution is -2.50. The minimum absolute atomic E-state index is 0.172. The quantitative estimate of drug-likeness (QED) is 0.490. The molecule has 0 aromatic heterocycles. The number of benzene rings is 3. The van der Waals surface area contributed by atoms with E-state index in [0.717, 1.165) is 16.3 Å². The van der Waals surface area contributed by atoms with Crippen LogP contribution in [0.2, 0.25) is 0 Å². The van der Waals surface area contributed by atoms with E-state index < -0.39 is 12.0 Å². The first kappa shape index (κ1) is 19.9. The van der Waals surface area contributed by atoms with Crippen molar-refractivity contribution in [1.82, 2.24) is 21.7 Å². The van der Waals surface area contributed by atoms with Gasteiger partial charge in [0.25, 0.3) is 5.91 Å². The van der Waals surface area contributed by atoms with Gasteiger partial charge in [0.1, 0.15) is 5.75 Å². The Morgan fingerprint density at radius 1 is 0.967 bits per heavy atom. The zero-order chi connectivity index (χ0) is 20.9. The number of hydrogen-bond acceptors (Lipinski definition) is 5. The summed E-state index contributed by atoms with van der Waals surface area (Å²) in [5.74, 6) is -0.459. The van der Waals surface area contributed by atoms with Crippen LogP contribution in [0.4, 0.5) is 0 Å². The van der Waals surface area contributed by atoms with Crippen molar-refractivity contribution in [2.45, 2.75) is 19.1 Å². The summed E-state index contributed by atoms with van der Waals surface area (Å²) in [6.45, 7) is 2.10. The van der Waals surface area contributed by atoms with Crippen LogP contribution < -0.4 is 26.4 Å². The van der Waals surface area contributed by atoms with E-state index in [1.807, 2.05) is 72.8 Å². The number of nitrogens with one attached hydrogen (secondary N) is 4. The Kier molecular flexibility index (Phi) is 5.92. The van der Waals surface area contributed by atoms with Gasteiger partial charge >= 0.3 is 0 Å². The summed E-state index contributed by atoms with van der Waals surface area (Å²) >= 11 is 0.